The Hall–Kier alpha value is -0.660. The summed E-state index contributed by atoms with van der Waals surface area (Å²) in [6.45, 7) is 3.80. The van der Waals surface area contributed by atoms with Crippen LogP contribution in [0.1, 0.15) is 20.8 Å². The number of rotatable bonds is 4. The first-order chi connectivity index (χ1) is 9.34. The molecule has 124 valence electrons. The fourth-order valence-electron chi connectivity index (χ4n) is 2.72. The third kappa shape index (κ3) is 2.71. The molecule has 0 radical (unpaired) electrons. The van der Waals surface area contributed by atoms with Gasteiger partial charge in [-0.15, -0.1) is 11.6 Å². The van der Waals surface area contributed by atoms with Gasteiger partial charge in [0.25, 0.3) is 0 Å². The number of alkyl halides is 7. The van der Waals surface area contributed by atoms with Crippen molar-refractivity contribution in [2.45, 2.75) is 38.5 Å². The van der Waals surface area contributed by atoms with Crippen molar-refractivity contribution >= 4 is 17.6 Å². The van der Waals surface area contributed by atoms with E-state index < -0.39 is 46.9 Å². The van der Waals surface area contributed by atoms with Crippen LogP contribution in [0.4, 0.5) is 26.3 Å². The maximum absolute atomic E-state index is 13.1. The van der Waals surface area contributed by atoms with E-state index in [1.807, 2.05) is 0 Å². The smallest absolute Gasteiger partial charge is 0.404 e. The van der Waals surface area contributed by atoms with Crippen LogP contribution in [-0.2, 0) is 9.53 Å². The predicted octanol–water partition coefficient (Wildman–Crippen LogP) is 4.17. The average molecular weight is 341 g/mol. The van der Waals surface area contributed by atoms with E-state index in [1.165, 1.54) is 20.8 Å². The Morgan fingerprint density at radius 2 is 1.62 bits per heavy atom. The zero-order valence-corrected chi connectivity index (χ0v) is 12.2. The minimum atomic E-state index is -5.63. The lowest BCUT2D eigenvalue weighted by Crippen LogP contribution is -2.43. The van der Waals surface area contributed by atoms with Crippen LogP contribution in [0.5, 0.6) is 0 Å². The predicted molar refractivity (Wildman–Crippen MR) is 62.6 cm³/mol. The van der Waals surface area contributed by atoms with Gasteiger partial charge in [0.2, 0.25) is 0 Å². The maximum atomic E-state index is 13.1. The minimum Gasteiger partial charge on any atom is -0.466 e. The van der Waals surface area contributed by atoms with E-state index >= 15 is 0 Å². The molecule has 0 aromatic heterocycles. The van der Waals surface area contributed by atoms with Gasteiger partial charge in [0.15, 0.2) is 5.41 Å². The van der Waals surface area contributed by atoms with E-state index in [9.17, 15) is 31.1 Å². The summed E-state index contributed by atoms with van der Waals surface area (Å²) in [4.78, 5) is 11.6. The maximum Gasteiger partial charge on any atom is 0.404 e. The molecule has 0 spiro atoms. The van der Waals surface area contributed by atoms with Gasteiger partial charge in [-0.1, -0.05) is 13.8 Å². The molecule has 0 saturated heterocycles. The van der Waals surface area contributed by atoms with E-state index in [-0.39, 0.29) is 6.61 Å². The molecule has 21 heavy (non-hydrogen) atoms. The van der Waals surface area contributed by atoms with Crippen LogP contribution in [0.25, 0.3) is 0 Å². The molecule has 1 fully saturated rings. The Morgan fingerprint density at radius 1 is 1.19 bits per heavy atom. The van der Waals surface area contributed by atoms with Crippen LogP contribution in [0.3, 0.4) is 0 Å². The van der Waals surface area contributed by atoms with Gasteiger partial charge in [0.1, 0.15) is 0 Å². The second-order valence-corrected chi connectivity index (χ2v) is 5.81. The van der Waals surface area contributed by atoms with Gasteiger partial charge >= 0.3 is 18.3 Å². The van der Waals surface area contributed by atoms with Crippen LogP contribution in [0.15, 0.2) is 0 Å². The summed E-state index contributed by atoms with van der Waals surface area (Å²) in [5.41, 5.74) is -4.12. The molecule has 3 unspecified atom stereocenters. The monoisotopic (exact) mass is 340 g/mol. The van der Waals surface area contributed by atoms with Crippen LogP contribution in [0.2, 0.25) is 0 Å². The Balaban J connectivity index is 3.35. The quantitative estimate of drug-likeness (QED) is 0.436. The third-order valence-corrected chi connectivity index (χ3v) is 4.50. The van der Waals surface area contributed by atoms with Crippen LogP contribution < -0.4 is 0 Å². The van der Waals surface area contributed by atoms with Crippen molar-refractivity contribution < 1.29 is 35.9 Å². The van der Waals surface area contributed by atoms with Gasteiger partial charge in [-0.05, 0) is 12.8 Å². The molecule has 0 amide bonds. The number of hydrogen-bond donors (Lipinski definition) is 0. The zero-order valence-electron chi connectivity index (χ0n) is 11.5. The van der Waals surface area contributed by atoms with Crippen molar-refractivity contribution in [3.8, 4) is 0 Å². The van der Waals surface area contributed by atoms with Gasteiger partial charge < -0.3 is 4.74 Å². The standard InChI is InChI=1S/C12H15ClF6O2/c1-4-21-9(20)7-6(8(13)5(2)3)10(7,11(14,15)16)12(17,18)19/h5-8H,4H2,1-3H3. The van der Waals surface area contributed by atoms with E-state index in [0.29, 0.717) is 0 Å². The van der Waals surface area contributed by atoms with Crippen LogP contribution in [-0.4, -0.2) is 30.3 Å². The Bertz CT molecular complexity index is 390. The first kappa shape index (κ1) is 18.4. The average Bonchev–Trinajstić information content (AvgIpc) is 2.97. The molecule has 0 aliphatic heterocycles. The van der Waals surface area contributed by atoms with Crippen LogP contribution >= 0.6 is 11.6 Å². The largest absolute Gasteiger partial charge is 0.466 e. The Labute approximate surface area is 122 Å². The van der Waals surface area contributed by atoms with Gasteiger partial charge in [0.05, 0.1) is 12.5 Å². The fraction of sp³-hybridized carbons (Fsp3) is 0.917. The van der Waals surface area contributed by atoms with Crippen molar-refractivity contribution in [3.63, 3.8) is 0 Å². The second kappa shape index (κ2) is 5.52. The SMILES string of the molecule is CCOC(=O)C1C(C(Cl)C(C)C)C1(C(F)(F)F)C(F)(F)F. The van der Waals surface area contributed by atoms with Crippen LogP contribution in [0, 0.1) is 23.2 Å². The summed E-state index contributed by atoms with van der Waals surface area (Å²) >= 11 is 5.74. The van der Waals surface area contributed by atoms with Gasteiger partial charge in [0, 0.05) is 11.3 Å². The molecular formula is C12H15ClF6O2. The van der Waals surface area contributed by atoms with Crippen molar-refractivity contribution in [3.05, 3.63) is 0 Å². The molecule has 1 aliphatic carbocycles. The molecule has 3 atom stereocenters. The molecule has 9 heteroatoms. The molecule has 0 aromatic carbocycles. The molecule has 1 saturated carbocycles. The molecule has 0 bridgehead atoms. The van der Waals surface area contributed by atoms with Crippen molar-refractivity contribution in [2.75, 3.05) is 6.61 Å². The summed E-state index contributed by atoms with van der Waals surface area (Å²) in [6, 6.07) is 0. The summed E-state index contributed by atoms with van der Waals surface area (Å²) in [5, 5.41) is -1.44. The summed E-state index contributed by atoms with van der Waals surface area (Å²) < 4.78 is 83.2. The summed E-state index contributed by atoms with van der Waals surface area (Å²) in [6.07, 6.45) is -11.3. The lowest BCUT2D eigenvalue weighted by molar-refractivity contribution is -0.310. The van der Waals surface area contributed by atoms with Crippen molar-refractivity contribution in [1.29, 1.82) is 0 Å². The topological polar surface area (TPSA) is 26.3 Å². The van der Waals surface area contributed by atoms with E-state index in [4.69, 9.17) is 11.6 Å². The third-order valence-electron chi connectivity index (χ3n) is 3.72. The molecule has 0 aromatic rings. The summed E-state index contributed by atoms with van der Waals surface area (Å²) in [7, 11) is 0. The zero-order chi connectivity index (χ0) is 16.8. The molecule has 2 nitrogen and oxygen atoms in total. The number of carbonyl (C=O) groups excluding carboxylic acids is 1. The second-order valence-electron chi connectivity index (χ2n) is 5.31. The van der Waals surface area contributed by atoms with Gasteiger partial charge in [-0.25, -0.2) is 0 Å². The molecule has 1 rings (SSSR count). The van der Waals surface area contributed by atoms with E-state index in [1.54, 1.807) is 0 Å². The highest BCUT2D eigenvalue weighted by Crippen LogP contribution is 2.76. The van der Waals surface area contributed by atoms with E-state index in [0.717, 1.165) is 0 Å². The van der Waals surface area contributed by atoms with Crippen molar-refractivity contribution in [2.24, 2.45) is 23.2 Å². The van der Waals surface area contributed by atoms with Gasteiger partial charge in [-0.2, -0.15) is 26.3 Å². The molecule has 0 heterocycles. The first-order valence-corrected chi connectivity index (χ1v) is 6.71. The van der Waals surface area contributed by atoms with E-state index in [2.05, 4.69) is 4.74 Å². The number of carbonyl (C=O) groups is 1. The highest BCUT2D eigenvalue weighted by molar-refractivity contribution is 6.21. The highest BCUT2D eigenvalue weighted by atomic mass is 35.5. The first-order valence-electron chi connectivity index (χ1n) is 6.28. The molecule has 0 N–H and O–H groups in total. The Kier molecular flexibility index (Phi) is 4.83. The molecular weight excluding hydrogens is 326 g/mol. The Morgan fingerprint density at radius 3 is 1.90 bits per heavy atom. The lowest BCUT2D eigenvalue weighted by atomic mass is 9.95. The number of esters is 1. The number of hydrogen-bond acceptors (Lipinski definition) is 2. The minimum absolute atomic E-state index is 0.303. The number of halogens is 7. The lowest BCUT2D eigenvalue weighted by Gasteiger charge is -2.26. The van der Waals surface area contributed by atoms with Crippen molar-refractivity contribution in [1.82, 2.24) is 0 Å². The molecule has 1 aliphatic rings. The fourth-order valence-corrected chi connectivity index (χ4v) is 3.06. The summed E-state index contributed by atoms with van der Waals surface area (Å²) in [5.74, 6) is -6.58. The normalized spacial score (nSPS) is 26.6. The number of ether oxygens (including phenoxy) is 1. The highest BCUT2D eigenvalue weighted by Gasteiger charge is 2.92. The van der Waals surface area contributed by atoms with Gasteiger partial charge in [-0.3, -0.25) is 4.79 Å².